The van der Waals surface area contributed by atoms with Gasteiger partial charge in [0.2, 0.25) is 0 Å². The van der Waals surface area contributed by atoms with Gasteiger partial charge in [-0.1, -0.05) is 17.7 Å². The summed E-state index contributed by atoms with van der Waals surface area (Å²) in [7, 11) is 0. The minimum Gasteiger partial charge on any atom is -0.486 e. The average molecular weight is 312 g/mol. The van der Waals surface area contributed by atoms with Crippen molar-refractivity contribution in [3.63, 3.8) is 0 Å². The number of Topliss-reactive ketones (excluding diaryl/α,β-unsaturated/α-hetero) is 1. The highest BCUT2D eigenvalue weighted by Gasteiger charge is 2.16. The number of carbonyl (C=O) groups excluding carboxylic acids is 2. The SMILES string of the molecule is Cc1ccc(C(=O)OCC(=O)c2ccc3c(c2)OCCO3)cc1. The van der Waals surface area contributed by atoms with E-state index in [4.69, 9.17) is 14.2 Å². The Balaban J connectivity index is 1.63. The second-order valence-corrected chi connectivity index (χ2v) is 5.22. The second kappa shape index (κ2) is 6.52. The highest BCUT2D eigenvalue weighted by Crippen LogP contribution is 2.30. The van der Waals surface area contributed by atoms with Crippen molar-refractivity contribution in [3.05, 3.63) is 59.2 Å². The van der Waals surface area contributed by atoms with Crippen molar-refractivity contribution < 1.29 is 23.8 Å². The van der Waals surface area contributed by atoms with Crippen molar-refractivity contribution in [1.29, 1.82) is 0 Å². The zero-order chi connectivity index (χ0) is 16.2. The highest BCUT2D eigenvalue weighted by atomic mass is 16.6. The van der Waals surface area contributed by atoms with E-state index in [1.54, 1.807) is 30.3 Å². The minimum atomic E-state index is -0.518. The predicted octanol–water partition coefficient (Wildman–Crippen LogP) is 2.81. The molecule has 0 spiro atoms. The van der Waals surface area contributed by atoms with Gasteiger partial charge in [0.05, 0.1) is 5.56 Å². The van der Waals surface area contributed by atoms with E-state index in [0.29, 0.717) is 35.8 Å². The van der Waals surface area contributed by atoms with Crippen LogP contribution in [-0.2, 0) is 4.74 Å². The van der Waals surface area contributed by atoms with Gasteiger partial charge >= 0.3 is 5.97 Å². The summed E-state index contributed by atoms with van der Waals surface area (Å²) >= 11 is 0. The van der Waals surface area contributed by atoms with Crippen molar-refractivity contribution in [2.24, 2.45) is 0 Å². The maximum atomic E-state index is 12.1. The lowest BCUT2D eigenvalue weighted by atomic mass is 10.1. The third-order valence-corrected chi connectivity index (χ3v) is 3.49. The molecule has 118 valence electrons. The quantitative estimate of drug-likeness (QED) is 0.642. The molecule has 0 aliphatic carbocycles. The molecule has 0 aromatic heterocycles. The second-order valence-electron chi connectivity index (χ2n) is 5.22. The van der Waals surface area contributed by atoms with E-state index in [1.165, 1.54) is 0 Å². The summed E-state index contributed by atoms with van der Waals surface area (Å²) in [6.07, 6.45) is 0. The zero-order valence-corrected chi connectivity index (χ0v) is 12.7. The summed E-state index contributed by atoms with van der Waals surface area (Å²) in [5.41, 5.74) is 1.89. The Hall–Kier alpha value is -2.82. The smallest absolute Gasteiger partial charge is 0.338 e. The molecule has 1 aliphatic rings. The number of aryl methyl sites for hydroxylation is 1. The lowest BCUT2D eigenvalue weighted by molar-refractivity contribution is 0.0474. The molecule has 1 aliphatic heterocycles. The summed E-state index contributed by atoms with van der Waals surface area (Å²) in [6.45, 7) is 2.56. The summed E-state index contributed by atoms with van der Waals surface area (Å²) in [6, 6.07) is 11.9. The van der Waals surface area contributed by atoms with Crippen molar-refractivity contribution in [3.8, 4) is 11.5 Å². The summed E-state index contributed by atoms with van der Waals surface area (Å²) in [5.74, 6) is 0.342. The molecule has 0 saturated heterocycles. The first-order valence-corrected chi connectivity index (χ1v) is 7.30. The molecule has 2 aromatic rings. The van der Waals surface area contributed by atoms with E-state index in [0.717, 1.165) is 5.56 Å². The first-order valence-electron chi connectivity index (χ1n) is 7.30. The van der Waals surface area contributed by atoms with E-state index in [9.17, 15) is 9.59 Å². The van der Waals surface area contributed by atoms with Crippen LogP contribution in [0.15, 0.2) is 42.5 Å². The number of rotatable bonds is 4. The number of hydrogen-bond acceptors (Lipinski definition) is 5. The Morgan fingerprint density at radius 1 is 0.957 bits per heavy atom. The van der Waals surface area contributed by atoms with Crippen LogP contribution >= 0.6 is 0 Å². The van der Waals surface area contributed by atoms with Crippen LogP contribution < -0.4 is 9.47 Å². The molecule has 23 heavy (non-hydrogen) atoms. The maximum absolute atomic E-state index is 12.1. The van der Waals surface area contributed by atoms with Crippen molar-refractivity contribution >= 4 is 11.8 Å². The first kappa shape index (κ1) is 15.1. The van der Waals surface area contributed by atoms with Gasteiger partial charge in [0, 0.05) is 5.56 Å². The maximum Gasteiger partial charge on any atom is 0.338 e. The van der Waals surface area contributed by atoms with Crippen LogP contribution in [0.5, 0.6) is 11.5 Å². The first-order chi connectivity index (χ1) is 11.1. The zero-order valence-electron chi connectivity index (χ0n) is 12.7. The molecule has 0 atom stereocenters. The van der Waals surface area contributed by atoms with Crippen LogP contribution in [0.3, 0.4) is 0 Å². The average Bonchev–Trinajstić information content (AvgIpc) is 2.59. The third-order valence-electron chi connectivity index (χ3n) is 3.49. The minimum absolute atomic E-state index is 0.289. The van der Waals surface area contributed by atoms with Gasteiger partial charge in [-0.3, -0.25) is 4.79 Å². The molecule has 0 N–H and O–H groups in total. The van der Waals surface area contributed by atoms with E-state index >= 15 is 0 Å². The fraction of sp³-hybridized carbons (Fsp3) is 0.222. The summed E-state index contributed by atoms with van der Waals surface area (Å²) < 4.78 is 15.9. The lowest BCUT2D eigenvalue weighted by Crippen LogP contribution is -2.17. The Morgan fingerprint density at radius 2 is 1.61 bits per heavy atom. The Bertz CT molecular complexity index is 734. The Labute approximate surface area is 133 Å². The molecule has 0 radical (unpaired) electrons. The van der Waals surface area contributed by atoms with Crippen molar-refractivity contribution in [2.75, 3.05) is 19.8 Å². The lowest BCUT2D eigenvalue weighted by Gasteiger charge is -2.18. The fourth-order valence-electron chi connectivity index (χ4n) is 2.20. The standard InChI is InChI=1S/C18H16O5/c1-12-2-4-13(5-3-12)18(20)23-11-15(19)14-6-7-16-17(10-14)22-9-8-21-16/h2-7,10H,8-9,11H2,1H3. The van der Waals surface area contributed by atoms with E-state index in [-0.39, 0.29) is 12.4 Å². The van der Waals surface area contributed by atoms with Gasteiger partial charge in [0.1, 0.15) is 13.2 Å². The fourth-order valence-corrected chi connectivity index (χ4v) is 2.20. The molecular formula is C18H16O5. The van der Waals surface area contributed by atoms with Gasteiger partial charge in [0.25, 0.3) is 0 Å². The van der Waals surface area contributed by atoms with Gasteiger partial charge in [-0.2, -0.15) is 0 Å². The molecule has 1 heterocycles. The van der Waals surface area contributed by atoms with Gasteiger partial charge in [-0.15, -0.1) is 0 Å². The van der Waals surface area contributed by atoms with Gasteiger partial charge in [-0.05, 0) is 37.3 Å². The highest BCUT2D eigenvalue weighted by molar-refractivity contribution is 5.99. The van der Waals surface area contributed by atoms with Crippen LogP contribution in [0.1, 0.15) is 26.3 Å². The Morgan fingerprint density at radius 3 is 2.35 bits per heavy atom. The monoisotopic (exact) mass is 312 g/mol. The molecule has 2 aromatic carbocycles. The van der Waals surface area contributed by atoms with Crippen LogP contribution in [0.4, 0.5) is 0 Å². The van der Waals surface area contributed by atoms with E-state index in [1.807, 2.05) is 19.1 Å². The number of ketones is 1. The Kier molecular flexibility index (Phi) is 4.28. The van der Waals surface area contributed by atoms with Crippen molar-refractivity contribution in [2.45, 2.75) is 6.92 Å². The number of benzene rings is 2. The molecule has 0 fully saturated rings. The number of fused-ring (bicyclic) bond motifs is 1. The van der Waals surface area contributed by atoms with Crippen LogP contribution in [-0.4, -0.2) is 31.6 Å². The largest absolute Gasteiger partial charge is 0.486 e. The predicted molar refractivity (Wildman–Crippen MR) is 83.2 cm³/mol. The van der Waals surface area contributed by atoms with Crippen molar-refractivity contribution in [1.82, 2.24) is 0 Å². The number of ether oxygens (including phenoxy) is 3. The van der Waals surface area contributed by atoms with Gasteiger partial charge < -0.3 is 14.2 Å². The molecule has 0 bridgehead atoms. The molecule has 0 saturated carbocycles. The molecule has 3 rings (SSSR count). The summed E-state index contributed by atoms with van der Waals surface area (Å²) in [5, 5.41) is 0. The van der Waals surface area contributed by atoms with Gasteiger partial charge in [0.15, 0.2) is 23.9 Å². The molecule has 5 heteroatoms. The van der Waals surface area contributed by atoms with Crippen LogP contribution in [0.2, 0.25) is 0 Å². The van der Waals surface area contributed by atoms with E-state index in [2.05, 4.69) is 0 Å². The third kappa shape index (κ3) is 3.51. The normalized spacial score (nSPS) is 12.6. The van der Waals surface area contributed by atoms with Crippen LogP contribution in [0, 0.1) is 6.92 Å². The number of hydrogen-bond donors (Lipinski definition) is 0. The molecule has 0 unspecified atom stereocenters. The van der Waals surface area contributed by atoms with Crippen LogP contribution in [0.25, 0.3) is 0 Å². The molecule has 0 amide bonds. The number of esters is 1. The topological polar surface area (TPSA) is 61.8 Å². The number of carbonyl (C=O) groups is 2. The molecular weight excluding hydrogens is 296 g/mol. The van der Waals surface area contributed by atoms with Gasteiger partial charge in [-0.25, -0.2) is 4.79 Å². The summed E-state index contributed by atoms with van der Waals surface area (Å²) in [4.78, 5) is 24.1. The molecule has 5 nitrogen and oxygen atoms in total. The van der Waals surface area contributed by atoms with E-state index < -0.39 is 5.97 Å².